The van der Waals surface area contributed by atoms with Crippen molar-refractivity contribution in [2.45, 2.75) is 33.2 Å². The van der Waals surface area contributed by atoms with Crippen LogP contribution in [-0.4, -0.2) is 25.1 Å². The maximum absolute atomic E-state index is 12.3. The molecule has 1 aromatic carbocycles. The summed E-state index contributed by atoms with van der Waals surface area (Å²) in [5.41, 5.74) is 0.761. The largest absolute Gasteiger partial charge is 0.491 e. The lowest BCUT2D eigenvalue weighted by molar-refractivity contribution is -0.120. The fraction of sp³-hybridized carbons (Fsp3) is 0.562. The molecule has 2 unspecified atom stereocenters. The minimum atomic E-state index is 0.0353. The topological polar surface area (TPSA) is 50.4 Å². The first kappa shape index (κ1) is 14.9. The number of hydrogen-bond donors (Lipinski definition) is 2. The molecule has 0 saturated carbocycles. The maximum Gasteiger partial charge on any atom is 0.229 e. The second-order valence-electron chi connectivity index (χ2n) is 5.83. The van der Waals surface area contributed by atoms with Crippen molar-refractivity contribution in [1.82, 2.24) is 5.32 Å². The molecule has 0 aromatic heterocycles. The average Bonchev–Trinajstić information content (AvgIpc) is 2.84. The molecule has 1 saturated heterocycles. The molecule has 0 bridgehead atoms. The van der Waals surface area contributed by atoms with Gasteiger partial charge in [0.05, 0.1) is 18.2 Å². The minimum absolute atomic E-state index is 0.0353. The third-order valence-corrected chi connectivity index (χ3v) is 3.58. The number of ether oxygens (including phenoxy) is 1. The summed E-state index contributed by atoms with van der Waals surface area (Å²) in [6.45, 7) is 7.82. The predicted octanol–water partition coefficient (Wildman–Crippen LogP) is 2.66. The standard InChI is InChI=1S/C16H24N2O2/c1-11(2)10-20-15-7-5-4-6-14(15)18-16(19)13-8-9-17-12(13)3/h4-7,11-13,17H,8-10H2,1-3H3,(H,18,19). The van der Waals surface area contributed by atoms with E-state index in [9.17, 15) is 4.79 Å². The van der Waals surface area contributed by atoms with Gasteiger partial charge in [0.2, 0.25) is 5.91 Å². The highest BCUT2D eigenvalue weighted by atomic mass is 16.5. The molecular weight excluding hydrogens is 252 g/mol. The van der Waals surface area contributed by atoms with Crippen molar-refractivity contribution >= 4 is 11.6 Å². The highest BCUT2D eigenvalue weighted by molar-refractivity contribution is 5.94. The maximum atomic E-state index is 12.3. The van der Waals surface area contributed by atoms with Gasteiger partial charge in [0.15, 0.2) is 0 Å². The zero-order chi connectivity index (χ0) is 14.5. The molecule has 2 N–H and O–H groups in total. The number of benzene rings is 1. The number of nitrogens with one attached hydrogen (secondary N) is 2. The lowest BCUT2D eigenvalue weighted by Crippen LogP contribution is -2.32. The quantitative estimate of drug-likeness (QED) is 0.869. The van der Waals surface area contributed by atoms with Crippen LogP contribution in [0.1, 0.15) is 27.2 Å². The van der Waals surface area contributed by atoms with Crippen molar-refractivity contribution in [3.05, 3.63) is 24.3 Å². The average molecular weight is 276 g/mol. The van der Waals surface area contributed by atoms with E-state index in [4.69, 9.17) is 4.74 Å². The van der Waals surface area contributed by atoms with Crippen molar-refractivity contribution in [2.75, 3.05) is 18.5 Å². The van der Waals surface area contributed by atoms with Gasteiger partial charge in [-0.05, 0) is 37.9 Å². The number of rotatable bonds is 5. The first-order chi connectivity index (χ1) is 9.58. The van der Waals surface area contributed by atoms with Crippen molar-refractivity contribution in [3.63, 3.8) is 0 Å². The van der Waals surface area contributed by atoms with E-state index in [1.54, 1.807) is 0 Å². The number of para-hydroxylation sites is 2. The fourth-order valence-corrected chi connectivity index (χ4v) is 2.39. The molecule has 4 heteroatoms. The summed E-state index contributed by atoms with van der Waals surface area (Å²) in [7, 11) is 0. The molecule has 1 aliphatic heterocycles. The summed E-state index contributed by atoms with van der Waals surface area (Å²) in [6.07, 6.45) is 0.891. The lowest BCUT2D eigenvalue weighted by Gasteiger charge is -2.17. The Morgan fingerprint density at radius 1 is 1.45 bits per heavy atom. The van der Waals surface area contributed by atoms with Crippen molar-refractivity contribution in [1.29, 1.82) is 0 Å². The van der Waals surface area contributed by atoms with E-state index in [0.29, 0.717) is 12.5 Å². The van der Waals surface area contributed by atoms with Gasteiger partial charge in [0.1, 0.15) is 5.75 Å². The molecule has 2 atom stereocenters. The van der Waals surface area contributed by atoms with Crippen LogP contribution < -0.4 is 15.4 Å². The van der Waals surface area contributed by atoms with E-state index in [-0.39, 0.29) is 17.9 Å². The minimum Gasteiger partial charge on any atom is -0.491 e. The van der Waals surface area contributed by atoms with E-state index in [1.807, 2.05) is 24.3 Å². The molecule has 1 aromatic rings. The van der Waals surface area contributed by atoms with Crippen molar-refractivity contribution in [3.8, 4) is 5.75 Å². The summed E-state index contributed by atoms with van der Waals surface area (Å²) in [5.74, 6) is 1.31. The van der Waals surface area contributed by atoms with Crippen LogP contribution in [0.4, 0.5) is 5.69 Å². The number of anilines is 1. The number of carbonyl (C=O) groups excluding carboxylic acids is 1. The summed E-state index contributed by atoms with van der Waals surface area (Å²) in [6, 6.07) is 7.85. The normalized spacial score (nSPS) is 22.0. The van der Waals surface area contributed by atoms with Crippen LogP contribution in [0.3, 0.4) is 0 Å². The molecule has 0 aliphatic carbocycles. The molecule has 110 valence electrons. The van der Waals surface area contributed by atoms with Gasteiger partial charge in [0.25, 0.3) is 0 Å². The molecule has 1 fully saturated rings. The Kier molecular flexibility index (Phi) is 5.01. The Labute approximate surface area is 120 Å². The monoisotopic (exact) mass is 276 g/mol. The van der Waals surface area contributed by atoms with Gasteiger partial charge in [0, 0.05) is 6.04 Å². The van der Waals surface area contributed by atoms with Crippen LogP contribution in [0.2, 0.25) is 0 Å². The second-order valence-corrected chi connectivity index (χ2v) is 5.83. The van der Waals surface area contributed by atoms with Crippen LogP contribution in [-0.2, 0) is 4.79 Å². The highest BCUT2D eigenvalue weighted by Crippen LogP contribution is 2.26. The summed E-state index contributed by atoms with van der Waals surface area (Å²) in [5, 5.41) is 6.30. The van der Waals surface area contributed by atoms with E-state index in [1.165, 1.54) is 0 Å². The Hall–Kier alpha value is -1.55. The third-order valence-electron chi connectivity index (χ3n) is 3.58. The molecule has 4 nitrogen and oxygen atoms in total. The zero-order valence-corrected chi connectivity index (χ0v) is 12.5. The molecule has 1 aliphatic rings. The van der Waals surface area contributed by atoms with Crippen molar-refractivity contribution < 1.29 is 9.53 Å². The summed E-state index contributed by atoms with van der Waals surface area (Å²) < 4.78 is 5.76. The fourth-order valence-electron chi connectivity index (χ4n) is 2.39. The molecule has 0 spiro atoms. The van der Waals surface area contributed by atoms with Crippen LogP contribution in [0.5, 0.6) is 5.75 Å². The van der Waals surface area contributed by atoms with Gasteiger partial charge < -0.3 is 15.4 Å². The van der Waals surface area contributed by atoms with Crippen LogP contribution in [0.25, 0.3) is 0 Å². The number of carbonyl (C=O) groups is 1. The smallest absolute Gasteiger partial charge is 0.229 e. The predicted molar refractivity (Wildman–Crippen MR) is 81.0 cm³/mol. The molecule has 1 amide bonds. The second kappa shape index (κ2) is 6.75. The Balaban J connectivity index is 2.03. The Morgan fingerprint density at radius 2 is 2.20 bits per heavy atom. The molecular formula is C16H24N2O2. The van der Waals surface area contributed by atoms with E-state index >= 15 is 0 Å². The van der Waals surface area contributed by atoms with Gasteiger partial charge in [-0.2, -0.15) is 0 Å². The SMILES string of the molecule is CC(C)COc1ccccc1NC(=O)C1CCNC1C. The van der Waals surface area contributed by atoms with Crippen LogP contribution in [0, 0.1) is 11.8 Å². The summed E-state index contributed by atoms with van der Waals surface area (Å²) >= 11 is 0. The van der Waals surface area contributed by atoms with Gasteiger partial charge in [-0.1, -0.05) is 26.0 Å². The van der Waals surface area contributed by atoms with Crippen molar-refractivity contribution in [2.24, 2.45) is 11.8 Å². The molecule has 2 rings (SSSR count). The first-order valence-electron chi connectivity index (χ1n) is 7.34. The van der Waals surface area contributed by atoms with E-state index < -0.39 is 0 Å². The highest BCUT2D eigenvalue weighted by Gasteiger charge is 2.29. The van der Waals surface area contributed by atoms with Crippen LogP contribution in [0.15, 0.2) is 24.3 Å². The Morgan fingerprint density at radius 3 is 2.85 bits per heavy atom. The third kappa shape index (κ3) is 3.73. The van der Waals surface area contributed by atoms with Gasteiger partial charge in [-0.25, -0.2) is 0 Å². The molecule has 0 radical (unpaired) electrons. The zero-order valence-electron chi connectivity index (χ0n) is 12.5. The van der Waals surface area contributed by atoms with E-state index in [0.717, 1.165) is 24.4 Å². The number of hydrogen-bond acceptors (Lipinski definition) is 3. The van der Waals surface area contributed by atoms with Gasteiger partial charge in [-0.15, -0.1) is 0 Å². The number of amides is 1. The summed E-state index contributed by atoms with van der Waals surface area (Å²) in [4.78, 5) is 12.3. The van der Waals surface area contributed by atoms with Crippen LogP contribution >= 0.6 is 0 Å². The molecule has 1 heterocycles. The molecule has 20 heavy (non-hydrogen) atoms. The van der Waals surface area contributed by atoms with Gasteiger partial charge >= 0.3 is 0 Å². The first-order valence-corrected chi connectivity index (χ1v) is 7.34. The Bertz CT molecular complexity index is 460. The lowest BCUT2D eigenvalue weighted by atomic mass is 10.0. The van der Waals surface area contributed by atoms with E-state index in [2.05, 4.69) is 31.4 Å². The van der Waals surface area contributed by atoms with Gasteiger partial charge in [-0.3, -0.25) is 4.79 Å².